The Morgan fingerprint density at radius 3 is 2.64 bits per heavy atom. The average Bonchev–Trinajstić information content (AvgIpc) is 2.97. The Morgan fingerprint density at radius 2 is 1.96 bits per heavy atom. The van der Waals surface area contributed by atoms with Crippen molar-refractivity contribution in [3.8, 4) is 11.4 Å². The van der Waals surface area contributed by atoms with Crippen molar-refractivity contribution in [2.45, 2.75) is 33.9 Å². The van der Waals surface area contributed by atoms with Crippen molar-refractivity contribution < 1.29 is 4.42 Å². The first-order valence-corrected chi connectivity index (χ1v) is 8.06. The number of H-pyrrole nitrogens is 1. The minimum Gasteiger partial charge on any atom is -0.424 e. The number of hydrogen-bond acceptors (Lipinski definition) is 6. The standard InChI is InChI=1S/C18H21N5O2/c1-11-12(2)19-17(20-18(11)24)15-7-5-6-14(8-15)9-23(4)10-16-22-21-13(3)25-16/h5-8H,9-10H2,1-4H3,(H,19,20,24). The Hall–Kier alpha value is -2.80. The molecule has 1 N–H and O–H groups in total. The second-order valence-electron chi connectivity index (χ2n) is 6.21. The Bertz CT molecular complexity index is 945. The Kier molecular flexibility index (Phi) is 4.76. The zero-order valence-electron chi connectivity index (χ0n) is 14.8. The van der Waals surface area contributed by atoms with Crippen LogP contribution in [0.3, 0.4) is 0 Å². The molecular formula is C18H21N5O2. The smallest absolute Gasteiger partial charge is 0.254 e. The van der Waals surface area contributed by atoms with Crippen molar-refractivity contribution >= 4 is 0 Å². The molecule has 130 valence electrons. The molecule has 7 heteroatoms. The van der Waals surface area contributed by atoms with Crippen LogP contribution in [0.5, 0.6) is 0 Å². The minimum absolute atomic E-state index is 0.100. The van der Waals surface area contributed by atoms with E-state index in [2.05, 4.69) is 25.1 Å². The highest BCUT2D eigenvalue weighted by atomic mass is 16.4. The SMILES string of the molecule is Cc1nnc(CN(C)Cc2cccc(-c3nc(C)c(C)c(=O)[nH]3)c2)o1. The molecule has 2 aromatic heterocycles. The van der Waals surface area contributed by atoms with Crippen LogP contribution in [0.4, 0.5) is 0 Å². The maximum Gasteiger partial charge on any atom is 0.254 e. The van der Waals surface area contributed by atoms with Gasteiger partial charge in [0.15, 0.2) is 0 Å². The van der Waals surface area contributed by atoms with Crippen LogP contribution in [0.25, 0.3) is 11.4 Å². The molecule has 0 bridgehead atoms. The van der Waals surface area contributed by atoms with E-state index in [-0.39, 0.29) is 5.56 Å². The summed E-state index contributed by atoms with van der Waals surface area (Å²) in [5, 5.41) is 7.85. The third kappa shape index (κ3) is 4.00. The topological polar surface area (TPSA) is 87.9 Å². The third-order valence-corrected chi connectivity index (χ3v) is 4.02. The fourth-order valence-electron chi connectivity index (χ4n) is 2.60. The third-order valence-electron chi connectivity index (χ3n) is 4.02. The molecule has 1 aromatic carbocycles. The Balaban J connectivity index is 1.78. The lowest BCUT2D eigenvalue weighted by Gasteiger charge is -2.15. The van der Waals surface area contributed by atoms with Gasteiger partial charge < -0.3 is 9.40 Å². The lowest BCUT2D eigenvalue weighted by atomic mass is 10.1. The normalized spacial score (nSPS) is 11.2. The molecule has 0 spiro atoms. The van der Waals surface area contributed by atoms with Gasteiger partial charge in [-0.15, -0.1) is 10.2 Å². The van der Waals surface area contributed by atoms with Gasteiger partial charge in [-0.3, -0.25) is 9.69 Å². The number of aryl methyl sites for hydroxylation is 2. The van der Waals surface area contributed by atoms with Crippen molar-refractivity contribution in [1.29, 1.82) is 0 Å². The predicted octanol–water partition coefficient (Wildman–Crippen LogP) is 2.38. The fraction of sp³-hybridized carbons (Fsp3) is 0.333. The van der Waals surface area contributed by atoms with E-state index in [1.54, 1.807) is 13.8 Å². The summed E-state index contributed by atoms with van der Waals surface area (Å²) >= 11 is 0. The van der Waals surface area contributed by atoms with Gasteiger partial charge in [0.1, 0.15) is 5.82 Å². The van der Waals surface area contributed by atoms with Crippen molar-refractivity contribution in [2.75, 3.05) is 7.05 Å². The van der Waals surface area contributed by atoms with E-state index >= 15 is 0 Å². The molecule has 2 heterocycles. The monoisotopic (exact) mass is 339 g/mol. The van der Waals surface area contributed by atoms with Gasteiger partial charge in [-0.25, -0.2) is 4.98 Å². The molecule has 3 aromatic rings. The fourth-order valence-corrected chi connectivity index (χ4v) is 2.60. The molecule has 3 rings (SSSR count). The maximum atomic E-state index is 12.0. The molecule has 0 radical (unpaired) electrons. The minimum atomic E-state index is -0.100. The van der Waals surface area contributed by atoms with Crippen molar-refractivity contribution in [3.05, 3.63) is 63.2 Å². The highest BCUT2D eigenvalue weighted by Gasteiger charge is 2.10. The molecule has 25 heavy (non-hydrogen) atoms. The molecular weight excluding hydrogens is 318 g/mol. The first-order chi connectivity index (χ1) is 11.9. The van der Waals surface area contributed by atoms with Gasteiger partial charge in [0.05, 0.1) is 6.54 Å². The van der Waals surface area contributed by atoms with Gasteiger partial charge in [-0.2, -0.15) is 0 Å². The van der Waals surface area contributed by atoms with E-state index in [4.69, 9.17) is 4.42 Å². The number of nitrogens with one attached hydrogen (secondary N) is 1. The second-order valence-corrected chi connectivity index (χ2v) is 6.21. The second kappa shape index (κ2) is 6.98. The van der Waals surface area contributed by atoms with E-state index in [0.29, 0.717) is 36.3 Å². The largest absolute Gasteiger partial charge is 0.424 e. The first-order valence-electron chi connectivity index (χ1n) is 8.06. The zero-order valence-corrected chi connectivity index (χ0v) is 14.8. The molecule has 0 amide bonds. The summed E-state index contributed by atoms with van der Waals surface area (Å²) in [6.45, 7) is 6.68. The number of rotatable bonds is 5. The quantitative estimate of drug-likeness (QED) is 0.768. The van der Waals surface area contributed by atoms with E-state index < -0.39 is 0 Å². The Labute approximate surface area is 145 Å². The molecule has 0 saturated carbocycles. The van der Waals surface area contributed by atoms with Gasteiger partial charge in [0.25, 0.3) is 5.56 Å². The summed E-state index contributed by atoms with van der Waals surface area (Å²) in [5.74, 6) is 1.75. The van der Waals surface area contributed by atoms with Crippen LogP contribution >= 0.6 is 0 Å². The molecule has 0 unspecified atom stereocenters. The lowest BCUT2D eigenvalue weighted by molar-refractivity contribution is 0.279. The number of hydrogen-bond donors (Lipinski definition) is 1. The van der Waals surface area contributed by atoms with Crippen molar-refractivity contribution in [2.24, 2.45) is 0 Å². The van der Waals surface area contributed by atoms with Crippen LogP contribution in [-0.2, 0) is 13.1 Å². The molecule has 0 aliphatic carbocycles. The summed E-state index contributed by atoms with van der Waals surface area (Å²) in [4.78, 5) is 21.4. The summed E-state index contributed by atoms with van der Waals surface area (Å²) in [5.41, 5.74) is 3.29. The average molecular weight is 339 g/mol. The molecule has 0 aliphatic rings. The molecule has 0 saturated heterocycles. The van der Waals surface area contributed by atoms with Crippen LogP contribution in [0.2, 0.25) is 0 Å². The van der Waals surface area contributed by atoms with Crippen LogP contribution in [0.1, 0.15) is 28.6 Å². The van der Waals surface area contributed by atoms with Gasteiger partial charge in [-0.1, -0.05) is 18.2 Å². The van der Waals surface area contributed by atoms with Gasteiger partial charge in [0.2, 0.25) is 11.8 Å². The van der Waals surface area contributed by atoms with Crippen LogP contribution in [-0.4, -0.2) is 32.1 Å². The number of nitrogens with zero attached hydrogens (tertiary/aromatic N) is 4. The summed E-state index contributed by atoms with van der Waals surface area (Å²) in [7, 11) is 1.99. The maximum absolute atomic E-state index is 12.0. The first kappa shape index (κ1) is 17.0. The van der Waals surface area contributed by atoms with Gasteiger partial charge in [-0.05, 0) is 32.5 Å². The van der Waals surface area contributed by atoms with Crippen LogP contribution in [0, 0.1) is 20.8 Å². The van der Waals surface area contributed by atoms with E-state index in [1.165, 1.54) is 0 Å². The highest BCUT2D eigenvalue weighted by Crippen LogP contribution is 2.17. The number of aromatic amines is 1. The molecule has 0 atom stereocenters. The Morgan fingerprint density at radius 1 is 1.16 bits per heavy atom. The number of aromatic nitrogens is 4. The molecule has 0 aliphatic heterocycles. The summed E-state index contributed by atoms with van der Waals surface area (Å²) < 4.78 is 5.41. The van der Waals surface area contributed by atoms with E-state index in [1.807, 2.05) is 38.2 Å². The lowest BCUT2D eigenvalue weighted by Crippen LogP contribution is -2.17. The van der Waals surface area contributed by atoms with Crippen molar-refractivity contribution in [3.63, 3.8) is 0 Å². The van der Waals surface area contributed by atoms with E-state index in [9.17, 15) is 4.79 Å². The summed E-state index contributed by atoms with van der Waals surface area (Å²) in [6.07, 6.45) is 0. The summed E-state index contributed by atoms with van der Waals surface area (Å²) in [6, 6.07) is 7.98. The predicted molar refractivity (Wildman–Crippen MR) is 94.0 cm³/mol. The highest BCUT2D eigenvalue weighted by molar-refractivity contribution is 5.56. The van der Waals surface area contributed by atoms with Crippen LogP contribution in [0.15, 0.2) is 33.5 Å². The zero-order chi connectivity index (χ0) is 18.0. The molecule has 0 fully saturated rings. The van der Waals surface area contributed by atoms with Gasteiger partial charge >= 0.3 is 0 Å². The molecule has 7 nitrogen and oxygen atoms in total. The van der Waals surface area contributed by atoms with Crippen LogP contribution < -0.4 is 5.56 Å². The van der Waals surface area contributed by atoms with E-state index in [0.717, 1.165) is 16.8 Å². The van der Waals surface area contributed by atoms with Gasteiger partial charge in [0, 0.05) is 30.3 Å². The van der Waals surface area contributed by atoms with Crippen molar-refractivity contribution in [1.82, 2.24) is 25.1 Å². The number of benzene rings is 1.